The van der Waals surface area contributed by atoms with E-state index >= 15 is 0 Å². The molecule has 21 heavy (non-hydrogen) atoms. The Morgan fingerprint density at radius 3 is 3.10 bits per heavy atom. The predicted octanol–water partition coefficient (Wildman–Crippen LogP) is 0.532. The molecular weight excluding hydrogens is 268 g/mol. The third-order valence-corrected chi connectivity index (χ3v) is 5.28. The highest BCUT2D eigenvalue weighted by Gasteiger charge is 2.70. The van der Waals surface area contributed by atoms with Gasteiger partial charge in [0.05, 0.1) is 12.4 Å². The first kappa shape index (κ1) is 14.5. The van der Waals surface area contributed by atoms with E-state index in [0.717, 1.165) is 19.4 Å². The van der Waals surface area contributed by atoms with Crippen LogP contribution in [0.15, 0.2) is 18.7 Å². The van der Waals surface area contributed by atoms with E-state index in [1.165, 1.54) is 0 Å². The molecule has 1 aromatic rings. The molecule has 3 N–H and O–H groups in total. The number of carbonyl (C=O) groups is 1. The summed E-state index contributed by atoms with van der Waals surface area (Å²) in [7, 11) is 0. The van der Waals surface area contributed by atoms with Crippen molar-refractivity contribution in [2.24, 2.45) is 17.1 Å². The number of fused-ring (bicyclic) bond motifs is 1. The lowest BCUT2D eigenvalue weighted by Gasteiger charge is -2.65. The lowest BCUT2D eigenvalue weighted by Crippen LogP contribution is -2.82. The second-order valence-electron chi connectivity index (χ2n) is 6.69. The summed E-state index contributed by atoms with van der Waals surface area (Å²) in [4.78, 5) is 16.6. The average molecular weight is 292 g/mol. The molecule has 6 nitrogen and oxygen atoms in total. The van der Waals surface area contributed by atoms with Crippen molar-refractivity contribution in [3.8, 4) is 0 Å². The van der Waals surface area contributed by atoms with E-state index in [1.807, 2.05) is 24.6 Å². The Bertz CT molecular complexity index is 514. The van der Waals surface area contributed by atoms with Crippen LogP contribution in [-0.2, 0) is 16.1 Å². The second-order valence-corrected chi connectivity index (χ2v) is 6.69. The Morgan fingerprint density at radius 1 is 1.57 bits per heavy atom. The average Bonchev–Trinajstić information content (AvgIpc) is 2.99. The Kier molecular flexibility index (Phi) is 3.53. The lowest BCUT2D eigenvalue weighted by molar-refractivity contribution is -0.225. The van der Waals surface area contributed by atoms with E-state index in [9.17, 15) is 4.79 Å². The highest BCUT2D eigenvalue weighted by Crippen LogP contribution is 2.57. The number of nitrogens with zero attached hydrogens (tertiary/aromatic N) is 2. The summed E-state index contributed by atoms with van der Waals surface area (Å²) in [5, 5.41) is 2.98. The van der Waals surface area contributed by atoms with Crippen molar-refractivity contribution in [1.82, 2.24) is 14.9 Å². The minimum Gasteiger partial charge on any atom is -0.377 e. The molecule has 1 aromatic heterocycles. The van der Waals surface area contributed by atoms with E-state index in [4.69, 9.17) is 10.5 Å². The number of ether oxygens (including phenoxy) is 1. The molecule has 1 saturated carbocycles. The first-order valence-electron chi connectivity index (χ1n) is 7.62. The lowest BCUT2D eigenvalue weighted by atomic mass is 9.46. The van der Waals surface area contributed by atoms with Crippen LogP contribution < -0.4 is 11.1 Å². The van der Waals surface area contributed by atoms with Gasteiger partial charge in [-0.05, 0) is 12.8 Å². The summed E-state index contributed by atoms with van der Waals surface area (Å²) in [6.45, 7) is 6.11. The van der Waals surface area contributed by atoms with Gasteiger partial charge < -0.3 is 20.4 Å². The van der Waals surface area contributed by atoms with Gasteiger partial charge in [0.25, 0.3) is 0 Å². The maximum Gasteiger partial charge on any atom is 0.241 e. The minimum atomic E-state index is -0.826. The number of imidazole rings is 1. The van der Waals surface area contributed by atoms with Crippen LogP contribution in [-0.4, -0.2) is 40.3 Å². The van der Waals surface area contributed by atoms with E-state index in [0.29, 0.717) is 13.1 Å². The van der Waals surface area contributed by atoms with E-state index in [1.54, 1.807) is 12.5 Å². The molecule has 1 amide bonds. The Balaban J connectivity index is 1.62. The third kappa shape index (κ3) is 2.08. The van der Waals surface area contributed by atoms with Gasteiger partial charge in [0.2, 0.25) is 5.91 Å². The number of rotatable bonds is 4. The van der Waals surface area contributed by atoms with Crippen LogP contribution >= 0.6 is 0 Å². The second kappa shape index (κ2) is 5.10. The molecule has 1 saturated heterocycles. The summed E-state index contributed by atoms with van der Waals surface area (Å²) < 4.78 is 7.76. The molecule has 6 heteroatoms. The molecule has 1 aliphatic heterocycles. The number of hydrogen-bond donors (Lipinski definition) is 2. The summed E-state index contributed by atoms with van der Waals surface area (Å²) in [6, 6.07) is 0. The third-order valence-electron chi connectivity index (χ3n) is 5.28. The topological polar surface area (TPSA) is 82.2 Å². The number of hydrogen-bond acceptors (Lipinski definition) is 4. The normalized spacial score (nSPS) is 33.9. The Labute approximate surface area is 125 Å². The van der Waals surface area contributed by atoms with Crippen molar-refractivity contribution in [1.29, 1.82) is 0 Å². The monoisotopic (exact) mass is 292 g/mol. The molecule has 0 spiro atoms. The first-order chi connectivity index (χ1) is 9.98. The molecule has 0 bridgehead atoms. The quantitative estimate of drug-likeness (QED) is 0.848. The fraction of sp³-hybridized carbons (Fsp3) is 0.733. The molecule has 0 aromatic carbocycles. The minimum absolute atomic E-state index is 0.0561. The van der Waals surface area contributed by atoms with Crippen LogP contribution in [0.5, 0.6) is 0 Å². The fourth-order valence-electron chi connectivity index (χ4n) is 3.90. The van der Waals surface area contributed by atoms with Gasteiger partial charge in [-0.1, -0.05) is 13.8 Å². The zero-order valence-corrected chi connectivity index (χ0v) is 12.7. The van der Waals surface area contributed by atoms with Gasteiger partial charge in [0.1, 0.15) is 5.54 Å². The van der Waals surface area contributed by atoms with Crippen molar-refractivity contribution < 1.29 is 9.53 Å². The summed E-state index contributed by atoms with van der Waals surface area (Å²) >= 11 is 0. The molecule has 3 atom stereocenters. The molecule has 3 rings (SSSR count). The Morgan fingerprint density at radius 2 is 2.38 bits per heavy atom. The maximum absolute atomic E-state index is 12.6. The molecular formula is C15H24N4O2. The Hall–Kier alpha value is -1.40. The van der Waals surface area contributed by atoms with Crippen LogP contribution in [0, 0.1) is 11.3 Å². The molecule has 1 aliphatic carbocycles. The van der Waals surface area contributed by atoms with Crippen molar-refractivity contribution in [2.75, 3.05) is 13.2 Å². The molecule has 116 valence electrons. The number of nitrogens with one attached hydrogen (secondary N) is 1. The summed E-state index contributed by atoms with van der Waals surface area (Å²) in [5.74, 6) is 0.0776. The molecule has 2 fully saturated rings. The first-order valence-corrected chi connectivity index (χ1v) is 7.62. The summed E-state index contributed by atoms with van der Waals surface area (Å²) in [6.07, 6.45) is 7.41. The van der Waals surface area contributed by atoms with Crippen molar-refractivity contribution in [2.45, 2.75) is 44.9 Å². The van der Waals surface area contributed by atoms with Gasteiger partial charge in [0.15, 0.2) is 0 Å². The largest absolute Gasteiger partial charge is 0.377 e. The van der Waals surface area contributed by atoms with Gasteiger partial charge in [-0.2, -0.15) is 0 Å². The smallest absolute Gasteiger partial charge is 0.241 e. The molecule has 2 heterocycles. The SMILES string of the molecule is CC1(C)C2OCCCC2C1(N)C(=O)NCCn1ccnc1. The molecule has 3 unspecified atom stereocenters. The standard InChI is InChI=1S/C15H24N4O2/c1-14(2)12-11(4-3-9-21-12)15(14,16)13(20)18-6-8-19-7-5-17-10-19/h5,7,10-12H,3-4,6,8-9,16H2,1-2H3,(H,18,20). The predicted molar refractivity (Wildman–Crippen MR) is 78.4 cm³/mol. The van der Waals surface area contributed by atoms with E-state index in [2.05, 4.69) is 10.3 Å². The number of aromatic nitrogens is 2. The number of carbonyl (C=O) groups excluding carboxylic acids is 1. The zero-order chi connectivity index (χ0) is 15.1. The maximum atomic E-state index is 12.6. The van der Waals surface area contributed by atoms with Crippen molar-refractivity contribution >= 4 is 5.91 Å². The van der Waals surface area contributed by atoms with Gasteiger partial charge in [-0.25, -0.2) is 4.98 Å². The van der Waals surface area contributed by atoms with Crippen LogP contribution in [0.3, 0.4) is 0 Å². The highest BCUT2D eigenvalue weighted by molar-refractivity contribution is 5.89. The van der Waals surface area contributed by atoms with Gasteiger partial charge in [0, 0.05) is 43.4 Å². The molecule has 0 radical (unpaired) electrons. The van der Waals surface area contributed by atoms with Crippen molar-refractivity contribution in [3.05, 3.63) is 18.7 Å². The van der Waals surface area contributed by atoms with Crippen molar-refractivity contribution in [3.63, 3.8) is 0 Å². The van der Waals surface area contributed by atoms with Gasteiger partial charge in [-0.3, -0.25) is 4.79 Å². The fourth-order valence-corrected chi connectivity index (χ4v) is 3.90. The van der Waals surface area contributed by atoms with Crippen LogP contribution in [0.1, 0.15) is 26.7 Å². The molecule has 2 aliphatic rings. The van der Waals surface area contributed by atoms with Crippen LogP contribution in [0.25, 0.3) is 0 Å². The van der Waals surface area contributed by atoms with Gasteiger partial charge in [-0.15, -0.1) is 0 Å². The number of amides is 1. The van der Waals surface area contributed by atoms with Gasteiger partial charge >= 0.3 is 0 Å². The summed E-state index contributed by atoms with van der Waals surface area (Å²) in [5.41, 5.74) is 5.38. The van der Waals surface area contributed by atoms with Crippen LogP contribution in [0.2, 0.25) is 0 Å². The zero-order valence-electron chi connectivity index (χ0n) is 12.7. The van der Waals surface area contributed by atoms with E-state index < -0.39 is 5.54 Å². The van der Waals surface area contributed by atoms with Crippen LogP contribution in [0.4, 0.5) is 0 Å². The van der Waals surface area contributed by atoms with E-state index in [-0.39, 0.29) is 23.3 Å². The number of nitrogens with two attached hydrogens (primary N) is 1. The highest BCUT2D eigenvalue weighted by atomic mass is 16.5.